The Bertz CT molecular complexity index is 1790. The zero-order valence-corrected chi connectivity index (χ0v) is 25.3. The molecule has 2 aliphatic rings. The number of carbonyl (C=O) groups excluding carboxylic acids is 4. The first kappa shape index (κ1) is 29.5. The maximum Gasteiger partial charge on any atom is 0.339 e. The summed E-state index contributed by atoms with van der Waals surface area (Å²) in [5, 5.41) is 0.903. The number of ketones is 1. The number of methoxy groups -OCH3 is 1. The third-order valence-electron chi connectivity index (χ3n) is 8.63. The Balaban J connectivity index is 1.28. The normalized spacial score (nSPS) is 20.4. The highest BCUT2D eigenvalue weighted by Crippen LogP contribution is 2.42. The molecule has 6 rings (SSSR count). The van der Waals surface area contributed by atoms with Gasteiger partial charge >= 0.3 is 5.97 Å². The van der Waals surface area contributed by atoms with E-state index >= 15 is 0 Å². The molecule has 8 nitrogen and oxygen atoms in total. The minimum Gasteiger partial charge on any atom is -0.497 e. The van der Waals surface area contributed by atoms with E-state index in [4.69, 9.17) is 26.1 Å². The van der Waals surface area contributed by atoms with Crippen LogP contribution in [0.2, 0.25) is 5.02 Å². The molecule has 1 saturated carbocycles. The van der Waals surface area contributed by atoms with Crippen molar-refractivity contribution in [3.63, 3.8) is 0 Å². The number of anilines is 1. The Labute approximate surface area is 259 Å². The van der Waals surface area contributed by atoms with Gasteiger partial charge in [0.05, 0.1) is 41.4 Å². The van der Waals surface area contributed by atoms with E-state index in [9.17, 15) is 19.2 Å². The molecule has 2 amide bonds. The van der Waals surface area contributed by atoms with Crippen LogP contribution < -0.4 is 9.64 Å². The predicted octanol–water partition coefficient (Wildman–Crippen LogP) is 6.92. The van der Waals surface area contributed by atoms with Crippen LogP contribution in [-0.4, -0.2) is 41.8 Å². The van der Waals surface area contributed by atoms with E-state index < -0.39 is 12.1 Å². The molecule has 3 aromatic carbocycles. The monoisotopic (exact) mass is 610 g/mol. The summed E-state index contributed by atoms with van der Waals surface area (Å²) in [5.74, 6) is -0.795. The van der Waals surface area contributed by atoms with Crippen molar-refractivity contribution in [3.05, 3.63) is 88.9 Å². The SMILES string of the molecule is COc1ccc(C(=O)C(C)OC(=O)c2cc(-c3ccc(N4C(=O)C5CCC(C)CC5C4=O)cc3)nc3ccc(Cl)cc23)cc1. The molecule has 2 fully saturated rings. The van der Waals surface area contributed by atoms with Crippen LogP contribution in [0.4, 0.5) is 5.69 Å². The fourth-order valence-electron chi connectivity index (χ4n) is 6.21. The highest BCUT2D eigenvalue weighted by Gasteiger charge is 2.49. The van der Waals surface area contributed by atoms with Crippen molar-refractivity contribution in [1.29, 1.82) is 0 Å². The molecule has 9 heteroatoms. The lowest BCUT2D eigenvalue weighted by molar-refractivity contribution is -0.122. The predicted molar refractivity (Wildman–Crippen MR) is 167 cm³/mol. The van der Waals surface area contributed by atoms with Gasteiger partial charge in [-0.2, -0.15) is 0 Å². The first-order valence-corrected chi connectivity index (χ1v) is 15.0. The maximum atomic E-state index is 13.5. The lowest BCUT2D eigenvalue weighted by Gasteiger charge is -2.25. The van der Waals surface area contributed by atoms with Crippen molar-refractivity contribution in [1.82, 2.24) is 4.98 Å². The number of ether oxygens (including phenoxy) is 2. The topological polar surface area (TPSA) is 103 Å². The molecule has 224 valence electrons. The van der Waals surface area contributed by atoms with Gasteiger partial charge in [-0.15, -0.1) is 0 Å². The molecule has 1 aromatic heterocycles. The van der Waals surface area contributed by atoms with Crippen molar-refractivity contribution in [2.75, 3.05) is 12.0 Å². The minimum absolute atomic E-state index is 0.135. The lowest BCUT2D eigenvalue weighted by Crippen LogP contribution is -2.30. The zero-order chi connectivity index (χ0) is 31.1. The second-order valence-electron chi connectivity index (χ2n) is 11.5. The molecule has 4 atom stereocenters. The van der Waals surface area contributed by atoms with Gasteiger partial charge in [0.1, 0.15) is 5.75 Å². The van der Waals surface area contributed by atoms with Crippen LogP contribution in [-0.2, 0) is 14.3 Å². The second kappa shape index (κ2) is 11.8. The number of halogens is 1. The second-order valence-corrected chi connectivity index (χ2v) is 12.0. The van der Waals surface area contributed by atoms with Crippen molar-refractivity contribution in [2.45, 2.75) is 39.2 Å². The summed E-state index contributed by atoms with van der Waals surface area (Å²) in [6.07, 6.45) is 1.37. The van der Waals surface area contributed by atoms with Crippen LogP contribution in [0.5, 0.6) is 5.75 Å². The fourth-order valence-corrected chi connectivity index (χ4v) is 6.38. The number of carbonyl (C=O) groups is 4. The van der Waals surface area contributed by atoms with Gasteiger partial charge in [0.2, 0.25) is 17.6 Å². The van der Waals surface area contributed by atoms with Crippen molar-refractivity contribution in [2.24, 2.45) is 17.8 Å². The standard InChI is InChI=1S/C35H31ClN2O6/c1-19-4-14-26-28(16-19)34(41)38(33(26)40)24-10-5-21(6-11-24)31-18-29(27-17-23(36)9-15-30(27)37-31)35(42)44-20(2)32(39)22-7-12-25(43-3)13-8-22/h5-13,15,17-20,26,28H,4,14,16H2,1-3H3. The van der Waals surface area contributed by atoms with Crippen molar-refractivity contribution < 1.29 is 28.7 Å². The molecule has 0 radical (unpaired) electrons. The smallest absolute Gasteiger partial charge is 0.339 e. The maximum absolute atomic E-state index is 13.5. The molecule has 0 bridgehead atoms. The van der Waals surface area contributed by atoms with Gasteiger partial charge in [0.25, 0.3) is 0 Å². The summed E-state index contributed by atoms with van der Waals surface area (Å²) in [6, 6.07) is 20.2. The van der Waals surface area contributed by atoms with E-state index in [1.807, 2.05) is 0 Å². The Morgan fingerprint density at radius 3 is 2.34 bits per heavy atom. The van der Waals surface area contributed by atoms with Gasteiger partial charge in [-0.05, 0) is 92.8 Å². The van der Waals surface area contributed by atoms with Gasteiger partial charge < -0.3 is 9.47 Å². The van der Waals surface area contributed by atoms with E-state index in [1.165, 1.54) is 18.9 Å². The summed E-state index contributed by atoms with van der Waals surface area (Å²) in [6.45, 7) is 3.65. The highest BCUT2D eigenvalue weighted by molar-refractivity contribution is 6.31. The molecule has 0 spiro atoms. The largest absolute Gasteiger partial charge is 0.497 e. The number of amides is 2. The van der Waals surface area contributed by atoms with Crippen LogP contribution in [0.15, 0.2) is 72.8 Å². The van der Waals surface area contributed by atoms with Gasteiger partial charge in [-0.1, -0.05) is 30.7 Å². The summed E-state index contributed by atoms with van der Waals surface area (Å²) in [4.78, 5) is 58.9. The van der Waals surface area contributed by atoms with E-state index in [0.717, 1.165) is 19.3 Å². The first-order valence-electron chi connectivity index (χ1n) is 14.6. The number of imide groups is 1. The van der Waals surface area contributed by atoms with E-state index in [2.05, 4.69) is 6.92 Å². The van der Waals surface area contributed by atoms with Gasteiger partial charge in [-0.3, -0.25) is 19.3 Å². The van der Waals surface area contributed by atoms with Gasteiger partial charge in [0.15, 0.2) is 6.10 Å². The Morgan fingerprint density at radius 2 is 1.64 bits per heavy atom. The average molecular weight is 611 g/mol. The van der Waals surface area contributed by atoms with Gasteiger partial charge in [0, 0.05) is 21.5 Å². The van der Waals surface area contributed by atoms with E-state index in [1.54, 1.807) is 72.8 Å². The molecular weight excluding hydrogens is 580 g/mol. The zero-order valence-electron chi connectivity index (χ0n) is 24.6. The number of esters is 1. The van der Waals surface area contributed by atoms with Crippen LogP contribution in [0.25, 0.3) is 22.2 Å². The summed E-state index contributed by atoms with van der Waals surface area (Å²) >= 11 is 6.27. The molecule has 1 aliphatic carbocycles. The highest BCUT2D eigenvalue weighted by atomic mass is 35.5. The van der Waals surface area contributed by atoms with Crippen LogP contribution in [0.3, 0.4) is 0 Å². The van der Waals surface area contributed by atoms with Crippen LogP contribution in [0.1, 0.15) is 53.8 Å². The summed E-state index contributed by atoms with van der Waals surface area (Å²) in [5.41, 5.74) is 2.78. The van der Waals surface area contributed by atoms with E-state index in [-0.39, 0.29) is 35.0 Å². The number of nitrogens with zero attached hydrogens (tertiary/aromatic N) is 2. The molecule has 2 heterocycles. The lowest BCUT2D eigenvalue weighted by atomic mass is 9.76. The Morgan fingerprint density at radius 1 is 0.932 bits per heavy atom. The molecule has 4 aromatic rings. The molecule has 0 N–H and O–H groups in total. The Hall–Kier alpha value is -4.56. The van der Waals surface area contributed by atoms with E-state index in [0.29, 0.717) is 50.1 Å². The molecule has 1 saturated heterocycles. The number of aromatic nitrogens is 1. The summed E-state index contributed by atoms with van der Waals surface area (Å²) in [7, 11) is 1.54. The molecule has 1 aliphatic heterocycles. The van der Waals surface area contributed by atoms with Crippen molar-refractivity contribution in [3.8, 4) is 17.0 Å². The minimum atomic E-state index is -1.05. The molecule has 44 heavy (non-hydrogen) atoms. The molecule has 4 unspecified atom stereocenters. The quantitative estimate of drug-likeness (QED) is 0.127. The third-order valence-corrected chi connectivity index (χ3v) is 8.86. The molecular formula is C35H31ClN2O6. The fraction of sp³-hybridized carbons (Fsp3) is 0.286. The number of Topliss-reactive ketones (excluding diaryl/α,β-unsaturated/α-hetero) is 1. The number of hydrogen-bond donors (Lipinski definition) is 0. The van der Waals surface area contributed by atoms with Crippen molar-refractivity contribution >= 4 is 51.8 Å². The third kappa shape index (κ3) is 5.46. The summed E-state index contributed by atoms with van der Waals surface area (Å²) < 4.78 is 10.8. The van der Waals surface area contributed by atoms with Crippen LogP contribution >= 0.6 is 11.6 Å². The number of hydrogen-bond acceptors (Lipinski definition) is 7. The first-order chi connectivity index (χ1) is 21.1. The van der Waals surface area contributed by atoms with Gasteiger partial charge in [-0.25, -0.2) is 9.78 Å². The Kier molecular flexibility index (Phi) is 7.95. The van der Waals surface area contributed by atoms with Crippen LogP contribution in [0, 0.1) is 17.8 Å². The number of benzene rings is 3. The number of rotatable bonds is 7. The number of fused-ring (bicyclic) bond motifs is 2. The number of pyridine rings is 1. The average Bonchev–Trinajstić information content (AvgIpc) is 3.28.